The van der Waals surface area contributed by atoms with Crippen LogP contribution in [0.15, 0.2) is 17.1 Å². The SMILES string of the molecule is Cn1ccc(C(C)(C)C)c(C(C)(C)C)c1=O. The average Bonchev–Trinajstić information content (AvgIpc) is 2.05. The molecule has 0 bridgehead atoms. The molecule has 16 heavy (non-hydrogen) atoms. The van der Waals surface area contributed by atoms with Gasteiger partial charge in [-0.3, -0.25) is 4.79 Å². The Labute approximate surface area is 98.3 Å². The molecular formula is C14H23NO. The van der Waals surface area contributed by atoms with Crippen LogP contribution in [-0.4, -0.2) is 4.57 Å². The van der Waals surface area contributed by atoms with Gasteiger partial charge in [-0.15, -0.1) is 0 Å². The molecule has 0 unspecified atom stereocenters. The van der Waals surface area contributed by atoms with Gasteiger partial charge in [-0.25, -0.2) is 0 Å². The minimum Gasteiger partial charge on any atom is -0.318 e. The van der Waals surface area contributed by atoms with E-state index in [2.05, 4.69) is 47.6 Å². The van der Waals surface area contributed by atoms with Gasteiger partial charge in [0, 0.05) is 18.8 Å². The molecule has 0 aliphatic rings. The first-order valence-corrected chi connectivity index (χ1v) is 5.76. The summed E-state index contributed by atoms with van der Waals surface area (Å²) in [5.41, 5.74) is 2.11. The second-order valence-corrected chi connectivity index (χ2v) is 6.52. The number of rotatable bonds is 0. The zero-order chi connectivity index (χ0) is 12.7. The first kappa shape index (κ1) is 13.0. The third kappa shape index (κ3) is 2.37. The molecule has 0 spiro atoms. The highest BCUT2D eigenvalue weighted by Gasteiger charge is 2.28. The molecule has 0 aromatic carbocycles. The zero-order valence-electron chi connectivity index (χ0n) is 11.5. The van der Waals surface area contributed by atoms with Gasteiger partial charge in [-0.05, 0) is 22.5 Å². The molecular weight excluding hydrogens is 198 g/mol. The van der Waals surface area contributed by atoms with Crippen molar-refractivity contribution in [3.63, 3.8) is 0 Å². The maximum atomic E-state index is 12.2. The molecule has 0 saturated heterocycles. The minimum absolute atomic E-state index is 0.00995. The topological polar surface area (TPSA) is 22.0 Å². The maximum absolute atomic E-state index is 12.2. The fourth-order valence-corrected chi connectivity index (χ4v) is 1.98. The van der Waals surface area contributed by atoms with E-state index in [0.717, 1.165) is 11.1 Å². The van der Waals surface area contributed by atoms with Gasteiger partial charge in [0.25, 0.3) is 5.56 Å². The monoisotopic (exact) mass is 221 g/mol. The molecule has 0 N–H and O–H groups in total. The third-order valence-corrected chi connectivity index (χ3v) is 2.83. The van der Waals surface area contributed by atoms with Gasteiger partial charge in [-0.2, -0.15) is 0 Å². The molecule has 1 rings (SSSR count). The number of hydrogen-bond acceptors (Lipinski definition) is 1. The number of aromatic nitrogens is 1. The average molecular weight is 221 g/mol. The molecule has 1 aromatic rings. The summed E-state index contributed by atoms with van der Waals surface area (Å²) in [5, 5.41) is 0. The summed E-state index contributed by atoms with van der Waals surface area (Å²) in [6.45, 7) is 12.7. The van der Waals surface area contributed by atoms with E-state index in [1.807, 2.05) is 13.2 Å². The zero-order valence-corrected chi connectivity index (χ0v) is 11.5. The van der Waals surface area contributed by atoms with Crippen molar-refractivity contribution in [3.05, 3.63) is 33.7 Å². The van der Waals surface area contributed by atoms with Gasteiger partial charge in [0.1, 0.15) is 0 Å². The molecule has 1 aromatic heterocycles. The van der Waals surface area contributed by atoms with Crippen LogP contribution in [0.3, 0.4) is 0 Å². The van der Waals surface area contributed by atoms with Gasteiger partial charge in [0.2, 0.25) is 0 Å². The normalized spacial score (nSPS) is 12.9. The molecule has 0 radical (unpaired) electrons. The molecule has 0 amide bonds. The molecule has 0 saturated carbocycles. The summed E-state index contributed by atoms with van der Waals surface area (Å²) in [5.74, 6) is 0. The van der Waals surface area contributed by atoms with Crippen LogP contribution in [0.2, 0.25) is 0 Å². The Bertz CT molecular complexity index is 441. The van der Waals surface area contributed by atoms with Crippen LogP contribution in [0.4, 0.5) is 0 Å². The van der Waals surface area contributed by atoms with Gasteiger partial charge >= 0.3 is 0 Å². The number of aryl methyl sites for hydroxylation is 1. The van der Waals surface area contributed by atoms with Crippen molar-refractivity contribution in [2.45, 2.75) is 52.4 Å². The van der Waals surface area contributed by atoms with Crippen LogP contribution < -0.4 is 5.56 Å². The summed E-state index contributed by atoms with van der Waals surface area (Å²) in [7, 11) is 1.81. The summed E-state index contributed by atoms with van der Waals surface area (Å²) >= 11 is 0. The summed E-state index contributed by atoms with van der Waals surface area (Å²) in [6, 6.07) is 2.07. The van der Waals surface area contributed by atoms with E-state index in [1.54, 1.807) is 4.57 Å². The van der Waals surface area contributed by atoms with Crippen molar-refractivity contribution in [2.24, 2.45) is 7.05 Å². The highest BCUT2D eigenvalue weighted by molar-refractivity contribution is 5.35. The Balaban J connectivity index is 3.66. The van der Waals surface area contributed by atoms with Crippen molar-refractivity contribution in [3.8, 4) is 0 Å². The fraction of sp³-hybridized carbons (Fsp3) is 0.643. The van der Waals surface area contributed by atoms with Crippen molar-refractivity contribution in [1.29, 1.82) is 0 Å². The smallest absolute Gasteiger partial charge is 0.254 e. The Hall–Kier alpha value is -1.05. The number of nitrogens with zero attached hydrogens (tertiary/aromatic N) is 1. The largest absolute Gasteiger partial charge is 0.318 e. The maximum Gasteiger partial charge on any atom is 0.254 e. The minimum atomic E-state index is -0.112. The predicted octanol–water partition coefficient (Wildman–Crippen LogP) is 2.98. The van der Waals surface area contributed by atoms with Gasteiger partial charge < -0.3 is 4.57 Å². The van der Waals surface area contributed by atoms with Crippen LogP contribution in [-0.2, 0) is 17.9 Å². The highest BCUT2D eigenvalue weighted by atomic mass is 16.1. The Kier molecular flexibility index (Phi) is 3.06. The van der Waals surface area contributed by atoms with E-state index in [4.69, 9.17) is 0 Å². The lowest BCUT2D eigenvalue weighted by molar-refractivity contribution is 0.516. The molecule has 0 aliphatic carbocycles. The second kappa shape index (κ2) is 3.76. The lowest BCUT2D eigenvalue weighted by Gasteiger charge is -2.29. The van der Waals surface area contributed by atoms with E-state index < -0.39 is 0 Å². The number of hydrogen-bond donors (Lipinski definition) is 0. The summed E-state index contributed by atoms with van der Waals surface area (Å²) in [6.07, 6.45) is 1.86. The van der Waals surface area contributed by atoms with Crippen LogP contribution >= 0.6 is 0 Å². The number of pyridine rings is 1. The summed E-state index contributed by atoms with van der Waals surface area (Å²) in [4.78, 5) is 12.2. The van der Waals surface area contributed by atoms with Crippen molar-refractivity contribution in [1.82, 2.24) is 4.57 Å². The van der Waals surface area contributed by atoms with Crippen LogP contribution in [0.1, 0.15) is 52.7 Å². The Morgan fingerprint density at radius 1 is 1.00 bits per heavy atom. The van der Waals surface area contributed by atoms with Crippen LogP contribution in [0, 0.1) is 0 Å². The van der Waals surface area contributed by atoms with E-state index in [1.165, 1.54) is 0 Å². The lowest BCUT2D eigenvalue weighted by atomic mass is 9.76. The predicted molar refractivity (Wildman–Crippen MR) is 69.1 cm³/mol. The lowest BCUT2D eigenvalue weighted by Crippen LogP contribution is -2.33. The van der Waals surface area contributed by atoms with Gasteiger partial charge in [0.05, 0.1) is 0 Å². The van der Waals surface area contributed by atoms with Crippen molar-refractivity contribution in [2.75, 3.05) is 0 Å². The molecule has 0 aliphatic heterocycles. The van der Waals surface area contributed by atoms with Crippen molar-refractivity contribution >= 4 is 0 Å². The Morgan fingerprint density at radius 3 is 1.88 bits per heavy atom. The van der Waals surface area contributed by atoms with E-state index in [9.17, 15) is 4.79 Å². The molecule has 0 atom stereocenters. The quantitative estimate of drug-likeness (QED) is 0.660. The standard InChI is InChI=1S/C14H23NO/c1-13(2,3)10-8-9-15(7)12(16)11(10)14(4,5)6/h8-9H,1-7H3. The van der Waals surface area contributed by atoms with Gasteiger partial charge in [-0.1, -0.05) is 41.5 Å². The van der Waals surface area contributed by atoms with Crippen molar-refractivity contribution < 1.29 is 0 Å². The van der Waals surface area contributed by atoms with Crippen LogP contribution in [0.25, 0.3) is 0 Å². The fourth-order valence-electron chi connectivity index (χ4n) is 1.98. The van der Waals surface area contributed by atoms with E-state index in [0.29, 0.717) is 0 Å². The first-order chi connectivity index (χ1) is 7.05. The Morgan fingerprint density at radius 2 is 1.50 bits per heavy atom. The molecule has 2 heteroatoms. The second-order valence-electron chi connectivity index (χ2n) is 6.52. The van der Waals surface area contributed by atoms with E-state index in [-0.39, 0.29) is 16.4 Å². The molecule has 90 valence electrons. The van der Waals surface area contributed by atoms with Crippen LogP contribution in [0.5, 0.6) is 0 Å². The summed E-state index contributed by atoms with van der Waals surface area (Å²) < 4.78 is 1.66. The molecule has 2 nitrogen and oxygen atoms in total. The first-order valence-electron chi connectivity index (χ1n) is 5.76. The molecule has 1 heterocycles. The highest BCUT2D eigenvalue weighted by Crippen LogP contribution is 2.30. The molecule has 0 fully saturated rings. The van der Waals surface area contributed by atoms with E-state index >= 15 is 0 Å². The van der Waals surface area contributed by atoms with Gasteiger partial charge in [0.15, 0.2) is 0 Å². The third-order valence-electron chi connectivity index (χ3n) is 2.83.